The molecule has 1 aromatic rings. The molecule has 0 radical (unpaired) electrons. The second-order valence-corrected chi connectivity index (χ2v) is 6.58. The van der Waals surface area contributed by atoms with Crippen LogP contribution < -0.4 is 11.5 Å². The largest absolute Gasteiger partial charge is 0.481 e. The van der Waals surface area contributed by atoms with E-state index < -0.39 is 35.4 Å². The predicted molar refractivity (Wildman–Crippen MR) is 90.9 cm³/mol. The fraction of sp³-hybridized carbons (Fsp3) is 0.471. The normalized spacial score (nSPS) is 24.6. The van der Waals surface area contributed by atoms with Crippen LogP contribution in [0.4, 0.5) is 0 Å². The third-order valence-electron chi connectivity index (χ3n) is 4.35. The van der Waals surface area contributed by atoms with Crippen molar-refractivity contribution in [1.82, 2.24) is 0 Å². The minimum absolute atomic E-state index is 0.0621. The molecule has 1 aliphatic carbocycles. The van der Waals surface area contributed by atoms with Crippen LogP contribution in [0.25, 0.3) is 0 Å². The Morgan fingerprint density at radius 3 is 2.72 bits per heavy atom. The van der Waals surface area contributed by atoms with Crippen molar-refractivity contribution >= 4 is 29.3 Å². The van der Waals surface area contributed by atoms with Gasteiger partial charge in [0.2, 0.25) is 0 Å². The number of Topliss-reactive ketones (excluding diaryl/α,β-unsaturated/α-hetero) is 1. The zero-order valence-corrected chi connectivity index (χ0v) is 14.4. The van der Waals surface area contributed by atoms with E-state index in [1.54, 1.807) is 24.3 Å². The van der Waals surface area contributed by atoms with E-state index in [2.05, 4.69) is 0 Å². The number of carbonyl (C=O) groups is 3. The highest BCUT2D eigenvalue weighted by Crippen LogP contribution is 2.36. The highest BCUT2D eigenvalue weighted by atomic mass is 35.5. The fourth-order valence-electron chi connectivity index (χ4n) is 2.94. The molecule has 0 spiro atoms. The number of ether oxygens (including phenoxy) is 1. The van der Waals surface area contributed by atoms with E-state index in [-0.39, 0.29) is 12.8 Å². The number of carboxylic acid groups (broad SMARTS) is 1. The number of nitrogens with two attached hydrogens (primary N) is 2. The molecule has 0 amide bonds. The fourth-order valence-corrected chi connectivity index (χ4v) is 3.24. The van der Waals surface area contributed by atoms with Gasteiger partial charge in [-0.1, -0.05) is 29.8 Å². The Morgan fingerprint density at radius 2 is 2.08 bits per heavy atom. The number of benzene rings is 1. The third-order valence-corrected chi connectivity index (χ3v) is 4.68. The summed E-state index contributed by atoms with van der Waals surface area (Å²) in [6.07, 6.45) is -0.00865. The van der Waals surface area contributed by atoms with Crippen LogP contribution >= 0.6 is 11.6 Å². The zero-order chi connectivity index (χ0) is 18.6. The van der Waals surface area contributed by atoms with Gasteiger partial charge in [-0.3, -0.25) is 14.4 Å². The lowest BCUT2D eigenvalue weighted by Gasteiger charge is -2.37. The number of carboxylic acids is 1. The molecule has 8 heteroatoms. The van der Waals surface area contributed by atoms with E-state index in [1.807, 2.05) is 0 Å². The molecule has 1 aromatic carbocycles. The number of hydrogen-bond donors (Lipinski definition) is 3. The van der Waals surface area contributed by atoms with Gasteiger partial charge in [0, 0.05) is 11.4 Å². The molecule has 25 heavy (non-hydrogen) atoms. The van der Waals surface area contributed by atoms with Gasteiger partial charge < -0.3 is 21.3 Å². The van der Waals surface area contributed by atoms with Gasteiger partial charge in [0.15, 0.2) is 11.9 Å². The van der Waals surface area contributed by atoms with E-state index in [9.17, 15) is 14.4 Å². The van der Waals surface area contributed by atoms with Crippen LogP contribution in [0.3, 0.4) is 0 Å². The predicted octanol–water partition coefficient (Wildman–Crippen LogP) is 1.35. The summed E-state index contributed by atoms with van der Waals surface area (Å²) in [5.41, 5.74) is 11.1. The maximum atomic E-state index is 12.8. The van der Waals surface area contributed by atoms with Gasteiger partial charge in [-0.25, -0.2) is 0 Å². The van der Waals surface area contributed by atoms with Gasteiger partial charge in [0.25, 0.3) is 0 Å². The lowest BCUT2D eigenvalue weighted by molar-refractivity contribution is -0.161. The summed E-state index contributed by atoms with van der Waals surface area (Å²) in [7, 11) is 0. The number of halogens is 1. The van der Waals surface area contributed by atoms with Crippen LogP contribution in [0.1, 0.15) is 37.7 Å². The Balaban J connectivity index is 2.10. The van der Waals surface area contributed by atoms with Gasteiger partial charge in [0.1, 0.15) is 11.6 Å². The highest BCUT2D eigenvalue weighted by Gasteiger charge is 2.46. The smallest absolute Gasteiger partial charge is 0.323 e. The van der Waals surface area contributed by atoms with E-state index >= 15 is 0 Å². The molecule has 1 aliphatic rings. The van der Waals surface area contributed by atoms with Gasteiger partial charge in [-0.05, 0) is 37.3 Å². The zero-order valence-electron chi connectivity index (χ0n) is 13.6. The summed E-state index contributed by atoms with van der Waals surface area (Å²) >= 11 is 6.17. The van der Waals surface area contributed by atoms with Crippen LogP contribution in [-0.2, 0) is 24.7 Å². The van der Waals surface area contributed by atoms with Crippen molar-refractivity contribution in [2.45, 2.75) is 49.8 Å². The second-order valence-electron chi connectivity index (χ2n) is 6.17. The number of carbonyl (C=O) groups excluding carboxylic acids is 2. The molecule has 3 atom stereocenters. The van der Waals surface area contributed by atoms with Crippen LogP contribution in [0.5, 0.6) is 0 Å². The van der Waals surface area contributed by atoms with Crippen molar-refractivity contribution in [1.29, 1.82) is 0 Å². The molecule has 7 nitrogen and oxygen atoms in total. The summed E-state index contributed by atoms with van der Waals surface area (Å²) in [6.45, 7) is 0. The number of rotatable bonds is 6. The summed E-state index contributed by atoms with van der Waals surface area (Å²) in [6, 6.07) is 5.71. The molecule has 2 rings (SSSR count). The number of esters is 1. The van der Waals surface area contributed by atoms with Crippen LogP contribution in [0.2, 0.25) is 5.02 Å². The Labute approximate surface area is 150 Å². The van der Waals surface area contributed by atoms with Crippen molar-refractivity contribution in [2.24, 2.45) is 11.5 Å². The molecule has 0 heterocycles. The first-order chi connectivity index (χ1) is 11.8. The number of hydrogen-bond acceptors (Lipinski definition) is 6. The molecule has 0 aromatic heterocycles. The lowest BCUT2D eigenvalue weighted by Crippen LogP contribution is -2.54. The van der Waals surface area contributed by atoms with Gasteiger partial charge in [0.05, 0.1) is 0 Å². The van der Waals surface area contributed by atoms with Crippen LogP contribution in [-0.4, -0.2) is 35.0 Å². The third kappa shape index (κ3) is 4.36. The van der Waals surface area contributed by atoms with Crippen molar-refractivity contribution in [3.63, 3.8) is 0 Å². The van der Waals surface area contributed by atoms with E-state index in [4.69, 9.17) is 32.9 Å². The first-order valence-corrected chi connectivity index (χ1v) is 8.39. The lowest BCUT2D eigenvalue weighted by atomic mass is 9.75. The van der Waals surface area contributed by atoms with Gasteiger partial charge >= 0.3 is 11.9 Å². The average molecular weight is 369 g/mol. The molecule has 0 aliphatic heterocycles. The van der Waals surface area contributed by atoms with Gasteiger partial charge in [-0.15, -0.1) is 0 Å². The topological polar surface area (TPSA) is 133 Å². The van der Waals surface area contributed by atoms with Crippen LogP contribution in [0.15, 0.2) is 24.3 Å². The quantitative estimate of drug-likeness (QED) is 0.645. The minimum atomic E-state index is -1.33. The SMILES string of the molecule is N[C@@H](CCC(=O)O)C(=O)O[C@@H]1CCC[C@@](N)(c2ccccc2Cl)C1=O. The molecule has 0 bridgehead atoms. The Kier molecular flexibility index (Phi) is 6.16. The Hall–Kier alpha value is -1.96. The van der Waals surface area contributed by atoms with E-state index in [0.29, 0.717) is 29.8 Å². The molecule has 0 saturated heterocycles. The molecular formula is C17H21ClN2O5. The molecule has 1 saturated carbocycles. The molecule has 0 unspecified atom stereocenters. The maximum Gasteiger partial charge on any atom is 0.323 e. The standard InChI is InChI=1S/C17H21ClN2O5/c18-11-5-2-1-4-10(11)17(20)9-3-6-13(15(17)23)25-16(24)12(19)7-8-14(21)22/h1-2,4-5,12-13H,3,6-9,19-20H2,(H,21,22)/t12-,13+,17+/m0/s1. The van der Waals surface area contributed by atoms with Gasteiger partial charge in [-0.2, -0.15) is 0 Å². The van der Waals surface area contributed by atoms with Crippen molar-refractivity contribution in [3.05, 3.63) is 34.9 Å². The highest BCUT2D eigenvalue weighted by molar-refractivity contribution is 6.31. The molecule has 5 N–H and O–H groups in total. The van der Waals surface area contributed by atoms with E-state index in [1.165, 1.54) is 0 Å². The minimum Gasteiger partial charge on any atom is -0.481 e. The van der Waals surface area contributed by atoms with Crippen molar-refractivity contribution in [2.75, 3.05) is 0 Å². The molecule has 136 valence electrons. The Bertz CT molecular complexity index is 681. The van der Waals surface area contributed by atoms with Crippen molar-refractivity contribution < 1.29 is 24.2 Å². The Morgan fingerprint density at radius 1 is 1.40 bits per heavy atom. The maximum absolute atomic E-state index is 12.8. The summed E-state index contributed by atoms with van der Waals surface area (Å²) < 4.78 is 5.22. The summed E-state index contributed by atoms with van der Waals surface area (Å²) in [5, 5.41) is 9.02. The summed E-state index contributed by atoms with van der Waals surface area (Å²) in [4.78, 5) is 35.4. The second kappa shape index (κ2) is 7.95. The van der Waals surface area contributed by atoms with Crippen molar-refractivity contribution in [3.8, 4) is 0 Å². The van der Waals surface area contributed by atoms with E-state index in [0.717, 1.165) is 0 Å². The molecular weight excluding hydrogens is 348 g/mol. The number of aliphatic carboxylic acids is 1. The first-order valence-electron chi connectivity index (χ1n) is 8.02. The summed E-state index contributed by atoms with van der Waals surface area (Å²) in [5.74, 6) is -2.29. The average Bonchev–Trinajstić information content (AvgIpc) is 2.57. The first kappa shape index (κ1) is 19.4. The monoisotopic (exact) mass is 368 g/mol. The molecule has 1 fully saturated rings. The number of ketones is 1. The van der Waals surface area contributed by atoms with Crippen LogP contribution in [0, 0.1) is 0 Å².